The number of aliphatic hydroxyl groups is 1. The monoisotopic (exact) mass is 616 g/mol. The minimum atomic E-state index is -1.74. The van der Waals surface area contributed by atoms with Gasteiger partial charge in [-0.25, -0.2) is 13.6 Å². The molecule has 3 aromatic rings. The first-order chi connectivity index (χ1) is 19.7. The normalized spacial score (nSPS) is 22.5. The van der Waals surface area contributed by atoms with Gasteiger partial charge in [0.2, 0.25) is 5.69 Å². The maximum absolute atomic E-state index is 15.8. The molecule has 0 aromatic heterocycles. The molecule has 1 aliphatic rings. The predicted octanol–water partition coefficient (Wildman–Crippen LogP) is 5.67. The third-order valence-electron chi connectivity index (χ3n) is 7.45. The molecule has 0 spiro atoms. The number of nitriles is 1. The lowest BCUT2D eigenvalue weighted by molar-refractivity contribution is -0.369. The van der Waals surface area contributed by atoms with Crippen LogP contribution in [0.4, 0.5) is 14.5 Å². The van der Waals surface area contributed by atoms with E-state index in [2.05, 4.69) is 16.4 Å². The molecule has 42 heavy (non-hydrogen) atoms. The fraction of sp³-hybridized carbons (Fsp3) is 0.323. The third-order valence-corrected chi connectivity index (χ3v) is 7.98. The summed E-state index contributed by atoms with van der Waals surface area (Å²) in [4.78, 5) is 14.3. The van der Waals surface area contributed by atoms with Gasteiger partial charge in [0.25, 0.3) is 0 Å². The highest BCUT2D eigenvalue weighted by atomic mass is 35.5. The topological polar surface area (TPSA) is 117 Å². The molecule has 0 aliphatic carbocycles. The van der Waals surface area contributed by atoms with Crippen LogP contribution in [0.2, 0.25) is 10.0 Å². The molecule has 11 heteroatoms. The predicted molar refractivity (Wildman–Crippen MR) is 156 cm³/mol. The molecule has 0 amide bonds. The fourth-order valence-corrected chi connectivity index (χ4v) is 6.05. The number of benzene rings is 3. The van der Waals surface area contributed by atoms with E-state index in [9.17, 15) is 20.3 Å². The van der Waals surface area contributed by atoms with Crippen LogP contribution < -0.4 is 15.0 Å². The summed E-state index contributed by atoms with van der Waals surface area (Å²) in [5.74, 6) is -4.23. The fourth-order valence-electron chi connectivity index (χ4n) is 5.71. The highest BCUT2D eigenvalue weighted by molar-refractivity contribution is 6.31. The number of hydrogen-bond donors (Lipinski definition) is 4. The summed E-state index contributed by atoms with van der Waals surface area (Å²) in [5, 5.41) is 35.1. The van der Waals surface area contributed by atoms with E-state index in [0.29, 0.717) is 6.42 Å². The van der Waals surface area contributed by atoms with Gasteiger partial charge in [-0.1, -0.05) is 62.2 Å². The van der Waals surface area contributed by atoms with E-state index in [1.807, 2.05) is 20.8 Å². The van der Waals surface area contributed by atoms with Crippen LogP contribution in [0.3, 0.4) is 0 Å². The Morgan fingerprint density at radius 3 is 2.45 bits per heavy atom. The average molecular weight is 618 g/mol. The van der Waals surface area contributed by atoms with E-state index < -0.39 is 46.9 Å². The van der Waals surface area contributed by atoms with E-state index in [-0.39, 0.29) is 43.6 Å². The minimum Gasteiger partial charge on any atom is -0.490 e. The van der Waals surface area contributed by atoms with Gasteiger partial charge >= 0.3 is 11.9 Å². The largest absolute Gasteiger partial charge is 0.490 e. The maximum atomic E-state index is 15.8. The Morgan fingerprint density at radius 1 is 1.14 bits per heavy atom. The summed E-state index contributed by atoms with van der Waals surface area (Å²) in [6.07, 6.45) is 0.335. The van der Waals surface area contributed by atoms with Crippen LogP contribution in [0.25, 0.3) is 0 Å². The van der Waals surface area contributed by atoms with Gasteiger partial charge in [0.15, 0.2) is 5.75 Å². The molecule has 0 radical (unpaired) electrons. The Bertz CT molecular complexity index is 1600. The smallest absolute Gasteiger partial charge is 0.356 e. The van der Waals surface area contributed by atoms with Crippen LogP contribution in [0, 0.1) is 28.4 Å². The Balaban J connectivity index is 2.02. The summed E-state index contributed by atoms with van der Waals surface area (Å²) in [5.41, 5.74) is -1.97. The zero-order valence-electron chi connectivity index (χ0n) is 23.3. The van der Waals surface area contributed by atoms with E-state index in [0.717, 1.165) is 6.07 Å². The number of hydrogen-bond acceptors (Lipinski definition) is 4. The van der Waals surface area contributed by atoms with Crippen LogP contribution >= 0.6 is 23.2 Å². The van der Waals surface area contributed by atoms with Crippen molar-refractivity contribution in [3.8, 4) is 11.8 Å². The van der Waals surface area contributed by atoms with Crippen LogP contribution in [0.1, 0.15) is 54.6 Å². The molecule has 4 atom stereocenters. The van der Waals surface area contributed by atoms with Gasteiger partial charge in [0.05, 0.1) is 23.8 Å². The number of nitrogens with one attached hydrogen (secondary N) is 2. The van der Waals surface area contributed by atoms with Crippen LogP contribution in [0.15, 0.2) is 54.6 Å². The molecule has 4 N–H and O–H groups in total. The second-order valence-corrected chi connectivity index (χ2v) is 12.3. The Labute approximate surface area is 252 Å². The number of carboxylic acids is 1. The number of aromatic carboxylic acids is 1. The van der Waals surface area contributed by atoms with Crippen molar-refractivity contribution >= 4 is 40.8 Å². The summed E-state index contributed by atoms with van der Waals surface area (Å²) >= 11 is 12.3. The zero-order valence-corrected chi connectivity index (χ0v) is 24.8. The van der Waals surface area contributed by atoms with Crippen molar-refractivity contribution in [1.29, 1.82) is 5.26 Å². The lowest BCUT2D eigenvalue weighted by Crippen LogP contribution is -2.71. The van der Waals surface area contributed by atoms with Crippen molar-refractivity contribution in [1.82, 2.24) is 5.32 Å². The molecule has 3 aromatic carbocycles. The van der Waals surface area contributed by atoms with E-state index >= 15 is 8.78 Å². The first kappa shape index (κ1) is 31.2. The Morgan fingerprint density at radius 2 is 1.86 bits per heavy atom. The quantitative estimate of drug-likeness (QED) is 0.201. The molecule has 0 saturated carbocycles. The number of rotatable bonds is 7. The third kappa shape index (κ3) is 5.80. The lowest BCUT2D eigenvalue weighted by atomic mass is 9.62. The Hall–Kier alpha value is -3.71. The summed E-state index contributed by atoms with van der Waals surface area (Å²) < 4.78 is 36.9. The number of methoxy groups -OCH3 is 1. The molecular formula is C31H30Cl2F2N3O4+. The average Bonchev–Trinajstić information content (AvgIpc) is 3.23. The number of aliphatic hydroxyl groups excluding tert-OH is 1. The highest BCUT2D eigenvalue weighted by Crippen LogP contribution is 2.52. The standard InChI is InChI=1S/C31H29Cl2F2N3O4/c1-30(2,3)14-24-31(15-36,19-10-9-17(32)13-21(19)34)25(18-6-5-7-20(33)26(18)35)27(38-24)28(39)37-22-11-8-16(29(40)41)12-23(22)42-4/h5-13,24-25,27,38H,14H2,1-4H3,(H,37,39)(H,40,41)/p+1/t24-,25-,27+,31-/m0/s1. The number of halogens is 4. The second kappa shape index (κ2) is 11.9. The summed E-state index contributed by atoms with van der Waals surface area (Å²) in [6.45, 7) is 5.86. The number of carbonyl (C=O) groups is 1. The molecule has 1 saturated heterocycles. The first-order valence-corrected chi connectivity index (χ1v) is 13.8. The van der Waals surface area contributed by atoms with Crippen molar-refractivity contribution in [2.45, 2.75) is 50.6 Å². The van der Waals surface area contributed by atoms with Crippen molar-refractivity contribution in [3.05, 3.63) is 93.0 Å². The summed E-state index contributed by atoms with van der Waals surface area (Å²) in [6, 6.07) is 12.7. The molecule has 1 aliphatic heterocycles. The molecule has 220 valence electrons. The molecule has 1 heterocycles. The number of carboxylic acid groups (broad SMARTS) is 1. The molecular weight excluding hydrogens is 587 g/mol. The zero-order chi connectivity index (χ0) is 31.0. The van der Waals surface area contributed by atoms with Gasteiger partial charge < -0.3 is 14.9 Å². The van der Waals surface area contributed by atoms with Gasteiger partial charge in [-0.2, -0.15) is 10.3 Å². The lowest BCUT2D eigenvalue weighted by Gasteiger charge is -2.37. The van der Waals surface area contributed by atoms with Gasteiger partial charge in [-0.05, 0) is 41.7 Å². The minimum absolute atomic E-state index is 0.00570. The number of nitrogens with zero attached hydrogens (tertiary/aromatic N) is 1. The molecule has 4 rings (SSSR count). The molecule has 0 unspecified atom stereocenters. The number of ether oxygens (including phenoxy) is 1. The van der Waals surface area contributed by atoms with E-state index in [1.54, 1.807) is 0 Å². The van der Waals surface area contributed by atoms with Crippen molar-refractivity contribution < 1.29 is 33.5 Å². The maximum Gasteiger partial charge on any atom is 0.356 e. The Kier molecular flexibility index (Phi) is 8.84. The highest BCUT2D eigenvalue weighted by Gasteiger charge is 2.62. The van der Waals surface area contributed by atoms with E-state index in [4.69, 9.17) is 27.9 Å². The van der Waals surface area contributed by atoms with Gasteiger partial charge in [-0.15, -0.1) is 0 Å². The van der Waals surface area contributed by atoms with E-state index in [1.165, 1.54) is 55.6 Å². The summed E-state index contributed by atoms with van der Waals surface area (Å²) in [7, 11) is 1.34. The first-order valence-electron chi connectivity index (χ1n) is 13.0. The van der Waals surface area contributed by atoms with Crippen molar-refractivity contribution in [3.63, 3.8) is 0 Å². The van der Waals surface area contributed by atoms with Crippen molar-refractivity contribution in [2.75, 3.05) is 7.11 Å². The van der Waals surface area contributed by atoms with Crippen LogP contribution in [-0.4, -0.2) is 41.3 Å². The van der Waals surface area contributed by atoms with Gasteiger partial charge in [-0.3, -0.25) is 5.32 Å². The van der Waals surface area contributed by atoms with Gasteiger partial charge in [0.1, 0.15) is 23.1 Å². The van der Waals surface area contributed by atoms with Crippen molar-refractivity contribution in [2.24, 2.45) is 5.41 Å². The van der Waals surface area contributed by atoms with Crippen LogP contribution in [0.5, 0.6) is 5.75 Å². The van der Waals surface area contributed by atoms with Crippen LogP contribution in [-0.2, 0) is 5.41 Å². The molecule has 7 nitrogen and oxygen atoms in total. The van der Waals surface area contributed by atoms with Gasteiger partial charge in [0, 0.05) is 34.7 Å². The molecule has 0 bridgehead atoms. The molecule has 1 fully saturated rings. The second-order valence-electron chi connectivity index (χ2n) is 11.4. The SMILES string of the molecule is COc1cc(C(=O)O)ccc1[NH+]=C(O)[C@@H]1N[C@@H](CC(C)(C)C)[C@](C#N)(c2ccc(Cl)cc2F)[C@H]1c1cccc(Cl)c1F.